The molecule has 5 rings (SSSR count). The van der Waals surface area contributed by atoms with Gasteiger partial charge in [-0.25, -0.2) is 0 Å². The standard InChI is InChI=1S/C20H26ClNOS/c21-20-12-15-9-16(13-20)11-19(10-15,14-20)18(23)22-7-4-8-24-17-5-2-1-3-6-17/h1-3,5-6,15-16H,4,7-14H2,(H,22,23)/t15-,16-,19?,20?/m0/s1. The fourth-order valence-corrected chi connectivity index (χ4v) is 7.15. The van der Waals surface area contributed by atoms with Crippen LogP contribution in [0.3, 0.4) is 0 Å². The van der Waals surface area contributed by atoms with Gasteiger partial charge in [-0.2, -0.15) is 0 Å². The molecule has 0 aliphatic heterocycles. The summed E-state index contributed by atoms with van der Waals surface area (Å²) in [4.78, 5) is 14.1. The Labute approximate surface area is 154 Å². The maximum Gasteiger partial charge on any atom is 0.226 e. The molecular formula is C20H26ClNOS. The molecule has 4 fully saturated rings. The Morgan fingerprint density at radius 3 is 2.54 bits per heavy atom. The molecule has 1 aromatic carbocycles. The second-order valence-electron chi connectivity index (χ2n) is 8.16. The predicted molar refractivity (Wildman–Crippen MR) is 100 cm³/mol. The molecule has 4 heteroatoms. The van der Waals surface area contributed by atoms with Gasteiger partial charge in [-0.15, -0.1) is 23.4 Å². The van der Waals surface area contributed by atoms with E-state index in [-0.39, 0.29) is 16.2 Å². The average Bonchev–Trinajstić information content (AvgIpc) is 2.53. The summed E-state index contributed by atoms with van der Waals surface area (Å²) >= 11 is 8.69. The lowest BCUT2D eigenvalue weighted by Gasteiger charge is -2.59. The molecule has 2 nitrogen and oxygen atoms in total. The van der Waals surface area contributed by atoms with Gasteiger partial charge in [-0.3, -0.25) is 4.79 Å². The number of amides is 1. The van der Waals surface area contributed by atoms with E-state index in [9.17, 15) is 4.79 Å². The zero-order valence-corrected chi connectivity index (χ0v) is 15.7. The molecule has 4 aliphatic carbocycles. The van der Waals surface area contributed by atoms with E-state index in [2.05, 4.69) is 29.6 Å². The van der Waals surface area contributed by atoms with Gasteiger partial charge in [0, 0.05) is 16.3 Å². The lowest BCUT2D eigenvalue weighted by atomic mass is 9.49. The van der Waals surface area contributed by atoms with Gasteiger partial charge in [-0.05, 0) is 74.7 Å². The number of alkyl halides is 1. The van der Waals surface area contributed by atoms with Gasteiger partial charge in [0.05, 0.1) is 5.41 Å². The molecule has 1 aromatic rings. The van der Waals surface area contributed by atoms with E-state index in [0.29, 0.717) is 11.8 Å². The number of rotatable bonds is 6. The molecule has 4 saturated carbocycles. The van der Waals surface area contributed by atoms with Crippen LogP contribution in [0.5, 0.6) is 0 Å². The SMILES string of the molecule is O=C(NCCCSc1ccccc1)C12C[C@@H]3C[C@H](CC(Cl)(C3)C1)C2. The highest BCUT2D eigenvalue weighted by atomic mass is 35.5. The second kappa shape index (κ2) is 6.57. The number of carbonyl (C=O) groups excluding carboxylic acids is 1. The summed E-state index contributed by atoms with van der Waals surface area (Å²) in [6.07, 6.45) is 7.63. The summed E-state index contributed by atoms with van der Waals surface area (Å²) < 4.78 is 0. The first-order valence-corrected chi connectivity index (χ1v) is 10.6. The summed E-state index contributed by atoms with van der Waals surface area (Å²) in [7, 11) is 0. The fourth-order valence-electron chi connectivity index (χ4n) is 5.58. The van der Waals surface area contributed by atoms with Gasteiger partial charge in [0.15, 0.2) is 0 Å². The molecule has 1 N–H and O–H groups in total. The summed E-state index contributed by atoms with van der Waals surface area (Å²) in [5, 5.41) is 3.23. The van der Waals surface area contributed by atoms with Crippen LogP contribution < -0.4 is 5.32 Å². The van der Waals surface area contributed by atoms with E-state index >= 15 is 0 Å². The van der Waals surface area contributed by atoms with Crippen LogP contribution >= 0.6 is 23.4 Å². The molecule has 0 heterocycles. The van der Waals surface area contributed by atoms with E-state index in [0.717, 1.165) is 50.8 Å². The maximum atomic E-state index is 12.9. The minimum Gasteiger partial charge on any atom is -0.356 e. The zero-order chi connectivity index (χ0) is 16.6. The molecular weight excluding hydrogens is 338 g/mol. The lowest BCUT2D eigenvalue weighted by molar-refractivity contribution is -0.144. The largest absolute Gasteiger partial charge is 0.356 e. The van der Waals surface area contributed by atoms with Crippen LogP contribution in [0.2, 0.25) is 0 Å². The molecule has 4 aliphatic rings. The summed E-state index contributed by atoms with van der Waals surface area (Å²) in [5.74, 6) is 2.69. The molecule has 2 atom stereocenters. The van der Waals surface area contributed by atoms with Crippen LogP contribution in [0.1, 0.15) is 44.9 Å². The van der Waals surface area contributed by atoms with E-state index in [4.69, 9.17) is 11.6 Å². The normalized spacial score (nSPS) is 36.7. The third kappa shape index (κ3) is 3.35. The minimum absolute atomic E-state index is 0.0788. The van der Waals surface area contributed by atoms with Crippen LogP contribution in [0.15, 0.2) is 35.2 Å². The number of carbonyl (C=O) groups is 1. The Kier molecular flexibility index (Phi) is 4.59. The molecule has 1 amide bonds. The predicted octanol–water partition coefficient (Wildman–Crippen LogP) is 4.86. The third-order valence-electron chi connectivity index (χ3n) is 6.09. The van der Waals surface area contributed by atoms with Gasteiger partial charge in [0.1, 0.15) is 0 Å². The third-order valence-corrected chi connectivity index (χ3v) is 7.63. The molecule has 0 aromatic heterocycles. The Balaban J connectivity index is 1.26. The van der Waals surface area contributed by atoms with E-state index in [1.807, 2.05) is 17.8 Å². The van der Waals surface area contributed by atoms with E-state index < -0.39 is 0 Å². The van der Waals surface area contributed by atoms with Crippen LogP contribution in [-0.4, -0.2) is 23.1 Å². The Morgan fingerprint density at radius 1 is 1.17 bits per heavy atom. The van der Waals surface area contributed by atoms with Crippen molar-refractivity contribution in [2.75, 3.05) is 12.3 Å². The topological polar surface area (TPSA) is 29.1 Å². The number of nitrogens with one attached hydrogen (secondary N) is 1. The van der Waals surface area contributed by atoms with Gasteiger partial charge < -0.3 is 5.32 Å². The van der Waals surface area contributed by atoms with Crippen LogP contribution in [0.4, 0.5) is 0 Å². The van der Waals surface area contributed by atoms with E-state index in [1.54, 1.807) is 0 Å². The second-order valence-corrected chi connectivity index (χ2v) is 10.1. The first kappa shape index (κ1) is 16.8. The smallest absolute Gasteiger partial charge is 0.226 e. The van der Waals surface area contributed by atoms with Crippen molar-refractivity contribution < 1.29 is 4.79 Å². The molecule has 4 bridgehead atoms. The first-order valence-electron chi connectivity index (χ1n) is 9.22. The van der Waals surface area contributed by atoms with Crippen molar-refractivity contribution in [3.8, 4) is 0 Å². The van der Waals surface area contributed by atoms with Crippen LogP contribution in [-0.2, 0) is 4.79 Å². The Morgan fingerprint density at radius 2 is 1.88 bits per heavy atom. The van der Waals surface area contributed by atoms with Crippen molar-refractivity contribution in [1.82, 2.24) is 5.32 Å². The van der Waals surface area contributed by atoms with Crippen molar-refractivity contribution in [2.24, 2.45) is 17.3 Å². The average molecular weight is 364 g/mol. The molecule has 24 heavy (non-hydrogen) atoms. The summed E-state index contributed by atoms with van der Waals surface area (Å²) in [5.41, 5.74) is -0.154. The van der Waals surface area contributed by atoms with Crippen molar-refractivity contribution >= 4 is 29.3 Å². The summed E-state index contributed by atoms with van der Waals surface area (Å²) in [6.45, 7) is 0.783. The number of benzene rings is 1. The highest BCUT2D eigenvalue weighted by Gasteiger charge is 2.59. The molecule has 0 unspecified atom stereocenters. The Hall–Kier alpha value is -0.670. The lowest BCUT2D eigenvalue weighted by Crippen LogP contribution is -2.58. The maximum absolute atomic E-state index is 12.9. The highest BCUT2D eigenvalue weighted by molar-refractivity contribution is 7.99. The quantitative estimate of drug-likeness (QED) is 0.444. The number of hydrogen-bond donors (Lipinski definition) is 1. The fraction of sp³-hybridized carbons (Fsp3) is 0.650. The van der Waals surface area contributed by atoms with E-state index in [1.165, 1.54) is 11.3 Å². The monoisotopic (exact) mass is 363 g/mol. The Bertz CT molecular complexity index is 591. The van der Waals surface area contributed by atoms with Gasteiger partial charge >= 0.3 is 0 Å². The number of thioether (sulfide) groups is 1. The van der Waals surface area contributed by atoms with Crippen molar-refractivity contribution in [3.63, 3.8) is 0 Å². The molecule has 0 saturated heterocycles. The molecule has 0 spiro atoms. The zero-order valence-electron chi connectivity index (χ0n) is 14.1. The first-order chi connectivity index (χ1) is 11.6. The van der Waals surface area contributed by atoms with Crippen LogP contribution in [0, 0.1) is 17.3 Å². The minimum atomic E-state index is -0.154. The molecule has 0 radical (unpaired) electrons. The van der Waals surface area contributed by atoms with Crippen molar-refractivity contribution in [2.45, 2.75) is 54.7 Å². The van der Waals surface area contributed by atoms with Gasteiger partial charge in [-0.1, -0.05) is 18.2 Å². The summed E-state index contributed by atoms with van der Waals surface area (Å²) in [6, 6.07) is 10.5. The van der Waals surface area contributed by atoms with Crippen molar-refractivity contribution in [3.05, 3.63) is 30.3 Å². The van der Waals surface area contributed by atoms with Crippen LogP contribution in [0.25, 0.3) is 0 Å². The number of halogens is 1. The van der Waals surface area contributed by atoms with Crippen molar-refractivity contribution in [1.29, 1.82) is 0 Å². The number of hydrogen-bond acceptors (Lipinski definition) is 2. The highest BCUT2D eigenvalue weighted by Crippen LogP contribution is 2.63. The van der Waals surface area contributed by atoms with Gasteiger partial charge in [0.25, 0.3) is 0 Å². The molecule has 130 valence electrons. The van der Waals surface area contributed by atoms with Gasteiger partial charge in [0.2, 0.25) is 5.91 Å².